The van der Waals surface area contributed by atoms with Crippen molar-refractivity contribution in [1.82, 2.24) is 9.13 Å². The van der Waals surface area contributed by atoms with E-state index in [1.54, 1.807) is 0 Å². The Balaban J connectivity index is 0.000000632. The number of fused-ring (bicyclic) bond motifs is 9. The van der Waals surface area contributed by atoms with Crippen LogP contribution in [0.2, 0.25) is 0 Å². The second-order valence-electron chi connectivity index (χ2n) is 19.1. The Bertz CT molecular complexity index is 3900. The average molecular weight is 873 g/mol. The Hall–Kier alpha value is -8.20. The highest BCUT2D eigenvalue weighted by molar-refractivity contribution is 6.13. The summed E-state index contributed by atoms with van der Waals surface area (Å²) in [6, 6.07) is 82.6. The molecule has 0 spiro atoms. The lowest BCUT2D eigenvalue weighted by Gasteiger charge is -2.22. The number of rotatable bonds is 5. The second-order valence-corrected chi connectivity index (χ2v) is 19.1. The lowest BCUT2D eigenvalue weighted by atomic mass is 9.82. The first kappa shape index (κ1) is 41.2. The number of hydrogen-bond donors (Lipinski definition) is 0. The van der Waals surface area contributed by atoms with Crippen LogP contribution in [0.4, 0.5) is 0 Å². The number of nitrogens with zero attached hydrogens (tertiary/aromatic N) is 2. The van der Waals surface area contributed by atoms with Crippen LogP contribution in [0.5, 0.6) is 0 Å². The Kier molecular flexibility index (Phi) is 9.88. The normalized spacial score (nSPS) is 12.6. The fourth-order valence-corrected chi connectivity index (χ4v) is 11.0. The van der Waals surface area contributed by atoms with Gasteiger partial charge in [0.2, 0.25) is 0 Å². The SMILES string of the molecule is Cc1ccccc1.Cc1ccccc1-c1cc(-c2cc(-c3ccc4c(c3)c3ccccc3n4-c3ccccc3)cc(-n3c4ccccc4c4cc5c(cc43)C(C)(C)c3ccccc3-5)c2)ccc1C. The lowest BCUT2D eigenvalue weighted by molar-refractivity contribution is 0.661. The van der Waals surface area contributed by atoms with E-state index in [0.29, 0.717) is 0 Å². The van der Waals surface area contributed by atoms with Gasteiger partial charge in [0.15, 0.2) is 0 Å². The molecule has 0 N–H and O–H groups in total. The van der Waals surface area contributed by atoms with Crippen molar-refractivity contribution < 1.29 is 0 Å². The van der Waals surface area contributed by atoms with Crippen LogP contribution in [0.1, 0.15) is 41.7 Å². The highest BCUT2D eigenvalue weighted by atomic mass is 15.0. The Morgan fingerprint density at radius 1 is 0.294 bits per heavy atom. The van der Waals surface area contributed by atoms with Crippen molar-refractivity contribution in [3.8, 4) is 55.9 Å². The standard InChI is InChI=1S/C59H44N2.C7H8/c1-37-16-8-9-19-45(37)49-33-39(27-26-38(49)2)41-30-42(40-28-29-57-51(34-40)47-21-11-14-24-55(47)60(57)43-17-6-5-7-18-43)32-44(31-41)61-56-25-15-12-22-48(56)52-35-50-46-20-10-13-23-53(46)59(3,4)54(50)36-58(52)61;1-7-5-3-2-4-6-7/h5-36H,1-4H3;2-6H,1H3. The molecule has 0 atom stereocenters. The number of aryl methyl sites for hydroxylation is 3. The molecule has 0 saturated heterocycles. The van der Waals surface area contributed by atoms with Crippen LogP contribution in [-0.4, -0.2) is 9.13 Å². The molecule has 1 aliphatic rings. The molecule has 0 bridgehead atoms. The molecule has 2 heteroatoms. The molecule has 68 heavy (non-hydrogen) atoms. The van der Waals surface area contributed by atoms with Crippen molar-refractivity contribution in [2.24, 2.45) is 0 Å². The molecule has 0 fully saturated rings. The summed E-state index contributed by atoms with van der Waals surface area (Å²) in [7, 11) is 0. The summed E-state index contributed by atoms with van der Waals surface area (Å²) >= 11 is 0. The molecule has 1 aliphatic carbocycles. The molecule has 13 rings (SSSR count). The van der Waals surface area contributed by atoms with Gasteiger partial charge in [0, 0.05) is 38.3 Å². The van der Waals surface area contributed by atoms with Crippen LogP contribution in [0.15, 0.2) is 224 Å². The van der Waals surface area contributed by atoms with E-state index >= 15 is 0 Å². The molecule has 0 unspecified atom stereocenters. The minimum absolute atomic E-state index is 0.114. The van der Waals surface area contributed by atoms with Gasteiger partial charge in [0.1, 0.15) is 0 Å². The summed E-state index contributed by atoms with van der Waals surface area (Å²) in [6.45, 7) is 11.3. The molecule has 326 valence electrons. The molecular formula is C66H52N2. The first-order valence-electron chi connectivity index (χ1n) is 23.8. The molecule has 2 aromatic heterocycles. The largest absolute Gasteiger partial charge is 0.309 e. The van der Waals surface area contributed by atoms with E-state index in [-0.39, 0.29) is 5.41 Å². The van der Waals surface area contributed by atoms with Crippen LogP contribution in [-0.2, 0) is 5.41 Å². The second kappa shape index (κ2) is 16.3. The van der Waals surface area contributed by atoms with E-state index in [1.165, 1.54) is 122 Å². The van der Waals surface area contributed by atoms with Crippen LogP contribution >= 0.6 is 0 Å². The quantitative estimate of drug-likeness (QED) is 0.163. The van der Waals surface area contributed by atoms with Gasteiger partial charge in [-0.3, -0.25) is 0 Å². The predicted octanol–water partition coefficient (Wildman–Crippen LogP) is 17.8. The summed E-state index contributed by atoms with van der Waals surface area (Å²) in [5, 5.41) is 5.04. The van der Waals surface area contributed by atoms with Gasteiger partial charge in [-0.25, -0.2) is 0 Å². The zero-order valence-electron chi connectivity index (χ0n) is 39.3. The molecule has 10 aromatic carbocycles. The van der Waals surface area contributed by atoms with E-state index in [4.69, 9.17) is 0 Å². The molecular weight excluding hydrogens is 821 g/mol. The van der Waals surface area contributed by atoms with Gasteiger partial charge in [-0.05, 0) is 160 Å². The van der Waals surface area contributed by atoms with Crippen LogP contribution in [0.25, 0.3) is 99.5 Å². The topological polar surface area (TPSA) is 9.86 Å². The monoisotopic (exact) mass is 872 g/mol. The fraction of sp³-hybridized carbons (Fsp3) is 0.0909. The van der Waals surface area contributed by atoms with Crippen molar-refractivity contribution in [2.75, 3.05) is 0 Å². The zero-order chi connectivity index (χ0) is 46.1. The highest BCUT2D eigenvalue weighted by Gasteiger charge is 2.36. The van der Waals surface area contributed by atoms with Crippen molar-refractivity contribution in [1.29, 1.82) is 0 Å². The first-order valence-corrected chi connectivity index (χ1v) is 23.8. The third-order valence-electron chi connectivity index (χ3n) is 14.5. The van der Waals surface area contributed by atoms with Gasteiger partial charge < -0.3 is 9.13 Å². The molecule has 0 amide bonds. The number of benzene rings is 10. The summed E-state index contributed by atoms with van der Waals surface area (Å²) in [6.07, 6.45) is 0. The van der Waals surface area contributed by atoms with Gasteiger partial charge in [-0.15, -0.1) is 0 Å². The van der Waals surface area contributed by atoms with Crippen molar-refractivity contribution in [2.45, 2.75) is 40.0 Å². The maximum atomic E-state index is 2.52. The van der Waals surface area contributed by atoms with Crippen molar-refractivity contribution in [3.63, 3.8) is 0 Å². The van der Waals surface area contributed by atoms with E-state index < -0.39 is 0 Å². The van der Waals surface area contributed by atoms with Gasteiger partial charge in [0.25, 0.3) is 0 Å². The molecule has 0 aliphatic heterocycles. The number of aromatic nitrogens is 2. The Labute approximate surface area is 399 Å². The third kappa shape index (κ3) is 6.78. The van der Waals surface area contributed by atoms with Crippen LogP contribution in [0.3, 0.4) is 0 Å². The number of para-hydroxylation sites is 3. The summed E-state index contributed by atoms with van der Waals surface area (Å²) in [5.41, 5.74) is 23.7. The maximum Gasteiger partial charge on any atom is 0.0544 e. The van der Waals surface area contributed by atoms with Gasteiger partial charge >= 0.3 is 0 Å². The van der Waals surface area contributed by atoms with Crippen LogP contribution in [0, 0.1) is 20.8 Å². The van der Waals surface area contributed by atoms with E-state index in [0.717, 1.165) is 5.69 Å². The molecule has 0 saturated carbocycles. The molecule has 12 aromatic rings. The van der Waals surface area contributed by atoms with Gasteiger partial charge in [0.05, 0.1) is 22.1 Å². The van der Waals surface area contributed by atoms with Crippen LogP contribution < -0.4 is 0 Å². The lowest BCUT2D eigenvalue weighted by Crippen LogP contribution is -2.15. The maximum absolute atomic E-state index is 2.52. The van der Waals surface area contributed by atoms with E-state index in [1.807, 2.05) is 18.2 Å². The van der Waals surface area contributed by atoms with Crippen molar-refractivity contribution >= 4 is 43.6 Å². The minimum Gasteiger partial charge on any atom is -0.309 e. The van der Waals surface area contributed by atoms with Gasteiger partial charge in [-0.2, -0.15) is 0 Å². The molecule has 2 nitrogen and oxygen atoms in total. The average Bonchev–Trinajstić information content (AvgIpc) is 3.96. The molecule has 0 radical (unpaired) electrons. The van der Waals surface area contributed by atoms with E-state index in [2.05, 4.69) is 250 Å². The van der Waals surface area contributed by atoms with Crippen molar-refractivity contribution in [3.05, 3.63) is 252 Å². The molecule has 2 heterocycles. The predicted molar refractivity (Wildman–Crippen MR) is 290 cm³/mol. The number of hydrogen-bond acceptors (Lipinski definition) is 0. The Morgan fingerprint density at radius 3 is 1.50 bits per heavy atom. The first-order chi connectivity index (χ1) is 33.2. The van der Waals surface area contributed by atoms with E-state index in [9.17, 15) is 0 Å². The zero-order valence-corrected chi connectivity index (χ0v) is 39.3. The smallest absolute Gasteiger partial charge is 0.0544 e. The van der Waals surface area contributed by atoms with Gasteiger partial charge in [-0.1, -0.05) is 171 Å². The summed E-state index contributed by atoms with van der Waals surface area (Å²) in [4.78, 5) is 0. The minimum atomic E-state index is -0.114. The summed E-state index contributed by atoms with van der Waals surface area (Å²) in [5.74, 6) is 0. The summed E-state index contributed by atoms with van der Waals surface area (Å²) < 4.78 is 4.92. The Morgan fingerprint density at radius 2 is 0.824 bits per heavy atom. The third-order valence-corrected chi connectivity index (χ3v) is 14.5. The fourth-order valence-electron chi connectivity index (χ4n) is 11.0. The highest BCUT2D eigenvalue weighted by Crippen LogP contribution is 2.51.